The van der Waals surface area contributed by atoms with E-state index in [1.54, 1.807) is 0 Å². The molecular formula is C13H21N3O. The molecule has 0 saturated carbocycles. The zero-order valence-corrected chi connectivity index (χ0v) is 10.5. The molecule has 2 fully saturated rings. The normalized spacial score (nSPS) is 29.5. The molecule has 2 atom stereocenters. The number of piperidine rings is 1. The van der Waals surface area contributed by atoms with Gasteiger partial charge in [-0.15, -0.1) is 0 Å². The predicted octanol–water partition coefficient (Wildman–Crippen LogP) is 1.48. The lowest BCUT2D eigenvalue weighted by Crippen LogP contribution is -2.39. The zero-order valence-electron chi connectivity index (χ0n) is 10.5. The topological polar surface area (TPSA) is 33.6 Å². The van der Waals surface area contributed by atoms with Gasteiger partial charge in [0.15, 0.2) is 0 Å². The summed E-state index contributed by atoms with van der Waals surface area (Å²) in [6.07, 6.45) is 8.18. The second-order valence-corrected chi connectivity index (χ2v) is 5.12. The average Bonchev–Trinajstić information content (AvgIpc) is 3.04. The van der Waals surface area contributed by atoms with Crippen LogP contribution in [0.5, 0.6) is 0 Å². The Hall–Kier alpha value is -0.870. The third kappa shape index (κ3) is 2.53. The number of nitrogens with zero attached hydrogens (tertiary/aromatic N) is 3. The summed E-state index contributed by atoms with van der Waals surface area (Å²) in [6, 6.07) is 0.611. The maximum absolute atomic E-state index is 5.32. The van der Waals surface area contributed by atoms with Gasteiger partial charge in [-0.2, -0.15) is 0 Å². The summed E-state index contributed by atoms with van der Waals surface area (Å²) < 4.78 is 7.70. The van der Waals surface area contributed by atoms with E-state index >= 15 is 0 Å². The molecule has 0 bridgehead atoms. The molecule has 2 aliphatic heterocycles. The van der Waals surface area contributed by atoms with E-state index < -0.39 is 0 Å². The maximum Gasteiger partial charge on any atom is 0.108 e. The van der Waals surface area contributed by atoms with Gasteiger partial charge in [-0.25, -0.2) is 4.98 Å². The molecule has 2 aliphatic rings. The average molecular weight is 235 g/mol. The Morgan fingerprint density at radius 1 is 1.53 bits per heavy atom. The summed E-state index contributed by atoms with van der Waals surface area (Å²) in [4.78, 5) is 6.97. The van der Waals surface area contributed by atoms with Crippen LogP contribution in [0.15, 0.2) is 12.4 Å². The van der Waals surface area contributed by atoms with Crippen LogP contribution in [0.4, 0.5) is 0 Å². The number of hydrogen-bond acceptors (Lipinski definition) is 3. The molecule has 0 N–H and O–H groups in total. The van der Waals surface area contributed by atoms with E-state index in [1.807, 2.05) is 6.20 Å². The Labute approximate surface area is 103 Å². The van der Waals surface area contributed by atoms with Crippen molar-refractivity contribution >= 4 is 0 Å². The fraction of sp³-hybridized carbons (Fsp3) is 0.769. The number of hydrogen-bond donors (Lipinski definition) is 0. The Balaban J connectivity index is 1.65. The fourth-order valence-corrected chi connectivity index (χ4v) is 2.84. The standard InChI is InChI=1S/C13H21N3O/c1-2-13-14-5-7-16(13)11-4-3-6-15(8-11)9-12-10-17-12/h5,7,11-12H,2-4,6,8-10H2,1H3. The molecule has 4 nitrogen and oxygen atoms in total. The van der Waals surface area contributed by atoms with Gasteiger partial charge >= 0.3 is 0 Å². The fourth-order valence-electron chi connectivity index (χ4n) is 2.84. The van der Waals surface area contributed by atoms with Crippen LogP contribution in [0.1, 0.15) is 31.6 Å². The number of rotatable bonds is 4. The van der Waals surface area contributed by atoms with Gasteiger partial charge in [0.1, 0.15) is 5.82 Å². The largest absolute Gasteiger partial charge is 0.372 e. The van der Waals surface area contributed by atoms with Crippen LogP contribution in [0.25, 0.3) is 0 Å². The molecule has 0 aromatic carbocycles. The van der Waals surface area contributed by atoms with E-state index in [9.17, 15) is 0 Å². The van der Waals surface area contributed by atoms with Crippen molar-refractivity contribution in [3.05, 3.63) is 18.2 Å². The van der Waals surface area contributed by atoms with E-state index in [4.69, 9.17) is 4.74 Å². The maximum atomic E-state index is 5.32. The van der Waals surface area contributed by atoms with Gasteiger partial charge in [-0.1, -0.05) is 6.92 Å². The SMILES string of the molecule is CCc1nccn1C1CCCN(CC2CO2)C1. The Morgan fingerprint density at radius 3 is 3.18 bits per heavy atom. The number of aryl methyl sites for hydroxylation is 1. The number of likely N-dealkylation sites (tertiary alicyclic amines) is 1. The Kier molecular flexibility index (Phi) is 3.16. The molecule has 3 heterocycles. The van der Waals surface area contributed by atoms with Crippen molar-refractivity contribution < 1.29 is 4.74 Å². The summed E-state index contributed by atoms with van der Waals surface area (Å²) in [5.74, 6) is 1.22. The highest BCUT2D eigenvalue weighted by atomic mass is 16.6. The van der Waals surface area contributed by atoms with Crippen LogP contribution in [0.3, 0.4) is 0 Å². The molecule has 17 heavy (non-hydrogen) atoms. The van der Waals surface area contributed by atoms with Crippen LogP contribution in [-0.2, 0) is 11.2 Å². The van der Waals surface area contributed by atoms with Gasteiger partial charge in [-0.05, 0) is 19.4 Å². The molecule has 0 aliphatic carbocycles. The molecular weight excluding hydrogens is 214 g/mol. The van der Waals surface area contributed by atoms with Crippen LogP contribution < -0.4 is 0 Å². The molecule has 4 heteroatoms. The van der Waals surface area contributed by atoms with Crippen molar-refractivity contribution in [3.63, 3.8) is 0 Å². The van der Waals surface area contributed by atoms with Crippen molar-refractivity contribution in [3.8, 4) is 0 Å². The van der Waals surface area contributed by atoms with Crippen LogP contribution in [0, 0.1) is 0 Å². The first-order chi connectivity index (χ1) is 8.36. The van der Waals surface area contributed by atoms with Crippen molar-refractivity contribution in [1.29, 1.82) is 0 Å². The number of ether oxygens (including phenoxy) is 1. The minimum absolute atomic E-state index is 0.516. The van der Waals surface area contributed by atoms with Crippen LogP contribution in [-0.4, -0.2) is 46.8 Å². The lowest BCUT2D eigenvalue weighted by Gasteiger charge is -2.33. The summed E-state index contributed by atoms with van der Waals surface area (Å²) >= 11 is 0. The molecule has 2 saturated heterocycles. The Morgan fingerprint density at radius 2 is 2.41 bits per heavy atom. The highest BCUT2D eigenvalue weighted by Gasteiger charge is 2.29. The lowest BCUT2D eigenvalue weighted by atomic mass is 10.1. The van der Waals surface area contributed by atoms with E-state index in [0.29, 0.717) is 12.1 Å². The van der Waals surface area contributed by atoms with Crippen LogP contribution in [0.2, 0.25) is 0 Å². The molecule has 94 valence electrons. The van der Waals surface area contributed by atoms with Crippen molar-refractivity contribution in [2.45, 2.75) is 38.3 Å². The first kappa shape index (κ1) is 11.2. The molecule has 0 radical (unpaired) electrons. The minimum Gasteiger partial charge on any atom is -0.372 e. The highest BCUT2D eigenvalue weighted by Crippen LogP contribution is 2.24. The van der Waals surface area contributed by atoms with Gasteiger partial charge < -0.3 is 9.30 Å². The van der Waals surface area contributed by atoms with E-state index in [-0.39, 0.29) is 0 Å². The molecule has 0 spiro atoms. The number of epoxide rings is 1. The van der Waals surface area contributed by atoms with Crippen molar-refractivity contribution in [1.82, 2.24) is 14.5 Å². The van der Waals surface area contributed by atoms with Gasteiger partial charge in [0, 0.05) is 37.9 Å². The number of imidazole rings is 1. The third-order valence-corrected chi connectivity index (χ3v) is 3.80. The first-order valence-corrected chi connectivity index (χ1v) is 6.72. The quantitative estimate of drug-likeness (QED) is 0.741. The lowest BCUT2D eigenvalue weighted by molar-refractivity contribution is 0.162. The van der Waals surface area contributed by atoms with Crippen molar-refractivity contribution in [2.75, 3.05) is 26.2 Å². The smallest absolute Gasteiger partial charge is 0.108 e. The number of aromatic nitrogens is 2. The zero-order chi connectivity index (χ0) is 11.7. The Bertz CT molecular complexity index is 372. The van der Waals surface area contributed by atoms with Gasteiger partial charge in [0.25, 0.3) is 0 Å². The molecule has 3 rings (SSSR count). The predicted molar refractivity (Wildman–Crippen MR) is 66.1 cm³/mol. The summed E-state index contributed by atoms with van der Waals surface area (Å²) in [7, 11) is 0. The molecule has 1 aromatic rings. The highest BCUT2D eigenvalue weighted by molar-refractivity contribution is 4.96. The minimum atomic E-state index is 0.516. The third-order valence-electron chi connectivity index (χ3n) is 3.80. The van der Waals surface area contributed by atoms with E-state index in [0.717, 1.165) is 26.1 Å². The van der Waals surface area contributed by atoms with Gasteiger partial charge in [-0.3, -0.25) is 4.90 Å². The second-order valence-electron chi connectivity index (χ2n) is 5.12. The molecule has 2 unspecified atom stereocenters. The summed E-state index contributed by atoms with van der Waals surface area (Å²) in [5.41, 5.74) is 0. The molecule has 1 aromatic heterocycles. The van der Waals surface area contributed by atoms with E-state index in [1.165, 1.54) is 25.2 Å². The van der Waals surface area contributed by atoms with Gasteiger partial charge in [0.2, 0.25) is 0 Å². The second kappa shape index (κ2) is 4.78. The first-order valence-electron chi connectivity index (χ1n) is 6.72. The van der Waals surface area contributed by atoms with Gasteiger partial charge in [0.05, 0.1) is 12.7 Å². The monoisotopic (exact) mass is 235 g/mol. The summed E-state index contributed by atoms with van der Waals surface area (Å²) in [5, 5.41) is 0. The summed E-state index contributed by atoms with van der Waals surface area (Å²) in [6.45, 7) is 6.65. The van der Waals surface area contributed by atoms with Crippen molar-refractivity contribution in [2.24, 2.45) is 0 Å². The van der Waals surface area contributed by atoms with Crippen LogP contribution >= 0.6 is 0 Å². The van der Waals surface area contributed by atoms with E-state index in [2.05, 4.69) is 27.6 Å². The molecule has 0 amide bonds.